The standard InChI is InChI=1S/C14H14FN3O4S/c1-3-17(11-5-4-6-16-9-11)23(21,22)12-7-13(15)10(2)14(8-12)18(19)20/h4-9H,3H2,1-2H3. The Morgan fingerprint density at radius 1 is 1.39 bits per heavy atom. The first-order valence-electron chi connectivity index (χ1n) is 6.66. The zero-order valence-electron chi connectivity index (χ0n) is 12.4. The van der Waals surface area contributed by atoms with Crippen LogP contribution in [0.3, 0.4) is 0 Å². The number of nitrogens with zero attached hydrogens (tertiary/aromatic N) is 3. The van der Waals surface area contributed by atoms with Crippen molar-refractivity contribution in [2.75, 3.05) is 10.8 Å². The molecule has 7 nitrogen and oxygen atoms in total. The Hall–Kier alpha value is -2.55. The first kappa shape index (κ1) is 16.8. The van der Waals surface area contributed by atoms with Crippen LogP contribution in [0.2, 0.25) is 0 Å². The van der Waals surface area contributed by atoms with Crippen LogP contribution in [-0.4, -0.2) is 24.9 Å². The number of anilines is 1. The summed E-state index contributed by atoms with van der Waals surface area (Å²) in [4.78, 5) is 13.6. The fourth-order valence-corrected chi connectivity index (χ4v) is 3.59. The number of nitro benzene ring substituents is 1. The van der Waals surface area contributed by atoms with E-state index in [-0.39, 0.29) is 12.1 Å². The zero-order valence-corrected chi connectivity index (χ0v) is 13.2. The lowest BCUT2D eigenvalue weighted by Gasteiger charge is -2.22. The van der Waals surface area contributed by atoms with Gasteiger partial charge in [-0.25, -0.2) is 12.8 Å². The van der Waals surface area contributed by atoms with Crippen LogP contribution in [0.25, 0.3) is 0 Å². The molecule has 122 valence electrons. The van der Waals surface area contributed by atoms with Crippen LogP contribution in [0, 0.1) is 22.9 Å². The highest BCUT2D eigenvalue weighted by atomic mass is 32.2. The van der Waals surface area contributed by atoms with E-state index in [1.807, 2.05) is 0 Å². The minimum atomic E-state index is -4.15. The van der Waals surface area contributed by atoms with Gasteiger partial charge in [0.25, 0.3) is 15.7 Å². The molecule has 1 aromatic carbocycles. The largest absolute Gasteiger partial charge is 0.276 e. The van der Waals surface area contributed by atoms with Gasteiger partial charge in [0.15, 0.2) is 0 Å². The molecule has 0 unspecified atom stereocenters. The van der Waals surface area contributed by atoms with Crippen molar-refractivity contribution >= 4 is 21.4 Å². The molecule has 0 aliphatic carbocycles. The average Bonchev–Trinajstić information content (AvgIpc) is 2.51. The van der Waals surface area contributed by atoms with Crippen molar-refractivity contribution < 1.29 is 17.7 Å². The SMILES string of the molecule is CCN(c1cccnc1)S(=O)(=O)c1cc(F)c(C)c([N+](=O)[O-])c1. The summed E-state index contributed by atoms with van der Waals surface area (Å²) in [6.45, 7) is 2.89. The highest BCUT2D eigenvalue weighted by molar-refractivity contribution is 7.92. The molecule has 0 atom stereocenters. The summed E-state index contributed by atoms with van der Waals surface area (Å²) in [5.41, 5.74) is -0.497. The van der Waals surface area contributed by atoms with Gasteiger partial charge < -0.3 is 0 Å². The third-order valence-corrected chi connectivity index (χ3v) is 5.18. The van der Waals surface area contributed by atoms with Gasteiger partial charge in [-0.2, -0.15) is 0 Å². The second kappa shape index (κ2) is 6.29. The number of sulfonamides is 1. The molecule has 0 bridgehead atoms. The van der Waals surface area contributed by atoms with E-state index in [4.69, 9.17) is 0 Å². The first-order chi connectivity index (χ1) is 10.8. The number of pyridine rings is 1. The normalized spacial score (nSPS) is 11.3. The number of benzene rings is 1. The third kappa shape index (κ3) is 3.14. The van der Waals surface area contributed by atoms with Crippen molar-refractivity contribution in [3.8, 4) is 0 Å². The van der Waals surface area contributed by atoms with Crippen LogP contribution in [0.5, 0.6) is 0 Å². The quantitative estimate of drug-likeness (QED) is 0.616. The minimum Gasteiger partial charge on any atom is -0.265 e. The maximum absolute atomic E-state index is 13.9. The Morgan fingerprint density at radius 3 is 2.61 bits per heavy atom. The third-order valence-electron chi connectivity index (χ3n) is 3.30. The molecular formula is C14H14FN3O4S. The van der Waals surface area contributed by atoms with E-state index in [2.05, 4.69) is 4.98 Å². The summed E-state index contributed by atoms with van der Waals surface area (Å²) < 4.78 is 40.3. The summed E-state index contributed by atoms with van der Waals surface area (Å²) in [6.07, 6.45) is 2.83. The van der Waals surface area contributed by atoms with Gasteiger partial charge in [0.1, 0.15) is 5.82 Å². The summed E-state index contributed by atoms with van der Waals surface area (Å²) in [6, 6.07) is 4.75. The fraction of sp³-hybridized carbons (Fsp3) is 0.214. The average molecular weight is 339 g/mol. The molecule has 2 aromatic rings. The van der Waals surface area contributed by atoms with Gasteiger partial charge in [-0.3, -0.25) is 19.4 Å². The van der Waals surface area contributed by atoms with Gasteiger partial charge in [0, 0.05) is 18.8 Å². The smallest absolute Gasteiger partial charge is 0.265 e. The molecule has 0 aliphatic rings. The van der Waals surface area contributed by atoms with Crippen LogP contribution in [-0.2, 0) is 10.0 Å². The molecule has 0 saturated carbocycles. The molecule has 0 saturated heterocycles. The molecular weight excluding hydrogens is 325 g/mol. The first-order valence-corrected chi connectivity index (χ1v) is 8.10. The number of hydrogen-bond acceptors (Lipinski definition) is 5. The molecule has 9 heteroatoms. The number of rotatable bonds is 5. The summed E-state index contributed by atoms with van der Waals surface area (Å²) >= 11 is 0. The van der Waals surface area contributed by atoms with E-state index in [9.17, 15) is 22.9 Å². The van der Waals surface area contributed by atoms with E-state index in [0.29, 0.717) is 5.69 Å². The van der Waals surface area contributed by atoms with Gasteiger partial charge in [0.05, 0.1) is 27.3 Å². The van der Waals surface area contributed by atoms with Crippen molar-refractivity contribution in [1.29, 1.82) is 0 Å². The monoisotopic (exact) mass is 339 g/mol. The predicted molar refractivity (Wildman–Crippen MR) is 82.2 cm³/mol. The van der Waals surface area contributed by atoms with E-state index in [1.54, 1.807) is 13.0 Å². The lowest BCUT2D eigenvalue weighted by molar-refractivity contribution is -0.385. The second-order valence-electron chi connectivity index (χ2n) is 4.69. The Bertz CT molecular complexity index is 841. The van der Waals surface area contributed by atoms with Crippen molar-refractivity contribution in [2.24, 2.45) is 0 Å². The highest BCUT2D eigenvalue weighted by Crippen LogP contribution is 2.29. The maximum Gasteiger partial charge on any atom is 0.276 e. The topological polar surface area (TPSA) is 93.4 Å². The molecule has 0 fully saturated rings. The van der Waals surface area contributed by atoms with Gasteiger partial charge in [-0.05, 0) is 32.0 Å². The molecule has 2 rings (SSSR count). The van der Waals surface area contributed by atoms with Crippen LogP contribution < -0.4 is 4.31 Å². The predicted octanol–water partition coefficient (Wildman–Crippen LogP) is 2.65. The van der Waals surface area contributed by atoms with Crippen molar-refractivity contribution in [3.63, 3.8) is 0 Å². The van der Waals surface area contributed by atoms with Crippen LogP contribution in [0.4, 0.5) is 15.8 Å². The Balaban J connectivity index is 2.61. The van der Waals surface area contributed by atoms with Gasteiger partial charge in [-0.15, -0.1) is 0 Å². The molecule has 0 amide bonds. The number of hydrogen-bond donors (Lipinski definition) is 0. The Morgan fingerprint density at radius 2 is 2.09 bits per heavy atom. The lowest BCUT2D eigenvalue weighted by atomic mass is 10.2. The Labute approximate surface area is 132 Å². The van der Waals surface area contributed by atoms with Crippen LogP contribution >= 0.6 is 0 Å². The molecule has 23 heavy (non-hydrogen) atoms. The van der Waals surface area contributed by atoms with Gasteiger partial charge in [0.2, 0.25) is 0 Å². The van der Waals surface area contributed by atoms with Crippen molar-refractivity contribution in [3.05, 3.63) is 58.2 Å². The zero-order chi connectivity index (χ0) is 17.2. The van der Waals surface area contributed by atoms with E-state index >= 15 is 0 Å². The van der Waals surface area contributed by atoms with Crippen molar-refractivity contribution in [2.45, 2.75) is 18.7 Å². The number of halogens is 1. The number of aromatic nitrogens is 1. The van der Waals surface area contributed by atoms with Gasteiger partial charge in [-0.1, -0.05) is 0 Å². The molecule has 1 aromatic heterocycles. The highest BCUT2D eigenvalue weighted by Gasteiger charge is 2.28. The van der Waals surface area contributed by atoms with Crippen molar-refractivity contribution in [1.82, 2.24) is 4.98 Å². The molecule has 0 spiro atoms. The molecule has 0 radical (unpaired) electrons. The molecule has 1 heterocycles. The van der Waals surface area contributed by atoms with E-state index in [1.165, 1.54) is 25.4 Å². The maximum atomic E-state index is 13.9. The lowest BCUT2D eigenvalue weighted by Crippen LogP contribution is -2.31. The second-order valence-corrected chi connectivity index (χ2v) is 6.55. The summed E-state index contributed by atoms with van der Waals surface area (Å²) in [5.74, 6) is -0.944. The van der Waals surface area contributed by atoms with Crippen LogP contribution in [0.15, 0.2) is 41.6 Å². The van der Waals surface area contributed by atoms with Crippen LogP contribution in [0.1, 0.15) is 12.5 Å². The summed E-state index contributed by atoms with van der Waals surface area (Å²) in [7, 11) is -4.15. The number of nitro groups is 1. The summed E-state index contributed by atoms with van der Waals surface area (Å²) in [5, 5.41) is 11.0. The fourth-order valence-electron chi connectivity index (χ4n) is 2.10. The molecule has 0 N–H and O–H groups in total. The molecule has 0 aliphatic heterocycles. The Kier molecular flexibility index (Phi) is 4.60. The van der Waals surface area contributed by atoms with Gasteiger partial charge >= 0.3 is 0 Å². The van der Waals surface area contributed by atoms with E-state index in [0.717, 1.165) is 16.4 Å². The minimum absolute atomic E-state index is 0.0668. The van der Waals surface area contributed by atoms with E-state index < -0.39 is 31.3 Å².